The Labute approximate surface area is 104 Å². The first kappa shape index (κ1) is 12.6. The van der Waals surface area contributed by atoms with Crippen molar-refractivity contribution < 1.29 is 18.3 Å². The SMILES string of the molecule is OC1CCN(c2ncc(Br)cc2C(F)(F)F)C1. The average Bonchev–Trinajstić information content (AvgIpc) is 2.63. The van der Waals surface area contributed by atoms with Gasteiger partial charge in [-0.15, -0.1) is 0 Å². The van der Waals surface area contributed by atoms with Crippen LogP contribution in [0.2, 0.25) is 0 Å². The molecule has 1 saturated heterocycles. The molecule has 94 valence electrons. The zero-order valence-electron chi connectivity index (χ0n) is 8.71. The standard InChI is InChI=1S/C10H10BrF3N2O/c11-6-3-8(10(12,13)14)9(15-4-6)16-2-1-7(17)5-16/h3-4,7,17H,1-2,5H2. The van der Waals surface area contributed by atoms with E-state index < -0.39 is 17.8 Å². The number of anilines is 1. The third-order valence-electron chi connectivity index (χ3n) is 2.60. The van der Waals surface area contributed by atoms with Gasteiger partial charge in [0.25, 0.3) is 0 Å². The van der Waals surface area contributed by atoms with Gasteiger partial charge in [0, 0.05) is 23.8 Å². The van der Waals surface area contributed by atoms with Crippen LogP contribution in [-0.4, -0.2) is 29.3 Å². The second kappa shape index (κ2) is 4.45. The van der Waals surface area contributed by atoms with Crippen LogP contribution in [0.1, 0.15) is 12.0 Å². The Balaban J connectivity index is 2.39. The maximum absolute atomic E-state index is 12.8. The summed E-state index contributed by atoms with van der Waals surface area (Å²) in [5.74, 6) is -0.114. The minimum Gasteiger partial charge on any atom is -0.391 e. The van der Waals surface area contributed by atoms with Gasteiger partial charge in [-0.3, -0.25) is 0 Å². The summed E-state index contributed by atoms with van der Waals surface area (Å²) in [6.07, 6.45) is -3.23. The number of rotatable bonds is 1. The molecule has 1 aliphatic heterocycles. The first-order chi connectivity index (χ1) is 7.88. The van der Waals surface area contributed by atoms with Crippen LogP contribution in [0.25, 0.3) is 0 Å². The molecule has 1 unspecified atom stereocenters. The molecule has 1 N–H and O–H groups in total. The molecule has 1 aromatic heterocycles. The normalized spacial score (nSPS) is 21.0. The van der Waals surface area contributed by atoms with E-state index in [1.165, 1.54) is 11.1 Å². The summed E-state index contributed by atoms with van der Waals surface area (Å²) >= 11 is 2.98. The molecule has 7 heteroatoms. The van der Waals surface area contributed by atoms with Crippen LogP contribution in [0.3, 0.4) is 0 Å². The number of aliphatic hydroxyl groups excluding tert-OH is 1. The molecule has 0 radical (unpaired) electrons. The summed E-state index contributed by atoms with van der Waals surface area (Å²) in [6.45, 7) is 0.580. The van der Waals surface area contributed by atoms with Crippen LogP contribution in [0.15, 0.2) is 16.7 Å². The first-order valence-corrected chi connectivity index (χ1v) is 5.83. The lowest BCUT2D eigenvalue weighted by Crippen LogP contribution is -2.25. The second-order valence-electron chi connectivity index (χ2n) is 3.91. The molecule has 2 rings (SSSR count). The second-order valence-corrected chi connectivity index (χ2v) is 4.83. The molecule has 0 bridgehead atoms. The summed E-state index contributed by atoms with van der Waals surface area (Å²) in [4.78, 5) is 5.27. The van der Waals surface area contributed by atoms with Crippen LogP contribution in [0.5, 0.6) is 0 Å². The number of alkyl halides is 3. The average molecular weight is 311 g/mol. The van der Waals surface area contributed by atoms with Crippen molar-refractivity contribution >= 4 is 21.7 Å². The summed E-state index contributed by atoms with van der Waals surface area (Å²) in [5, 5.41) is 9.35. The minimum atomic E-state index is -4.44. The van der Waals surface area contributed by atoms with Gasteiger partial charge in [0.15, 0.2) is 0 Å². The largest absolute Gasteiger partial charge is 0.419 e. The van der Waals surface area contributed by atoms with Gasteiger partial charge >= 0.3 is 6.18 Å². The Bertz CT molecular complexity index is 425. The number of nitrogens with zero attached hydrogens (tertiary/aromatic N) is 2. The summed E-state index contributed by atoms with van der Waals surface area (Å²) < 4.78 is 38.8. The Kier molecular flexibility index (Phi) is 3.31. The molecule has 0 spiro atoms. The maximum Gasteiger partial charge on any atom is 0.419 e. The number of pyridine rings is 1. The smallest absolute Gasteiger partial charge is 0.391 e. The highest BCUT2D eigenvalue weighted by Crippen LogP contribution is 2.37. The third kappa shape index (κ3) is 2.71. The number of hydrogen-bond donors (Lipinski definition) is 1. The molecule has 0 saturated carbocycles. The molecular weight excluding hydrogens is 301 g/mol. The molecule has 1 aromatic rings. The van der Waals surface area contributed by atoms with Gasteiger partial charge in [0.05, 0.1) is 11.7 Å². The van der Waals surface area contributed by atoms with E-state index in [0.717, 1.165) is 6.07 Å². The van der Waals surface area contributed by atoms with Crippen molar-refractivity contribution in [1.29, 1.82) is 0 Å². The van der Waals surface area contributed by atoms with E-state index >= 15 is 0 Å². The van der Waals surface area contributed by atoms with Crippen LogP contribution in [-0.2, 0) is 6.18 Å². The van der Waals surface area contributed by atoms with Crippen molar-refractivity contribution in [2.45, 2.75) is 18.7 Å². The van der Waals surface area contributed by atoms with Crippen molar-refractivity contribution in [1.82, 2.24) is 4.98 Å². The topological polar surface area (TPSA) is 36.4 Å². The van der Waals surface area contributed by atoms with Crippen LogP contribution in [0.4, 0.5) is 19.0 Å². The Morgan fingerprint density at radius 3 is 2.71 bits per heavy atom. The van der Waals surface area contributed by atoms with Gasteiger partial charge in [-0.25, -0.2) is 4.98 Å². The number of β-amino-alcohol motifs (C(OH)–C–C–N with tert-alkyl or cyclic N) is 1. The summed E-state index contributed by atoms with van der Waals surface area (Å²) in [5.41, 5.74) is -0.777. The summed E-state index contributed by atoms with van der Waals surface area (Å²) in [6, 6.07) is 1.01. The Morgan fingerprint density at radius 2 is 2.18 bits per heavy atom. The van der Waals surface area contributed by atoms with Crippen molar-refractivity contribution in [3.05, 3.63) is 22.3 Å². The van der Waals surface area contributed by atoms with Gasteiger partial charge in [0.1, 0.15) is 5.82 Å². The number of aromatic nitrogens is 1. The molecule has 1 atom stereocenters. The fourth-order valence-electron chi connectivity index (χ4n) is 1.83. The Hall–Kier alpha value is -0.820. The fraction of sp³-hybridized carbons (Fsp3) is 0.500. The van der Waals surface area contributed by atoms with E-state index in [4.69, 9.17) is 0 Å². The van der Waals surface area contributed by atoms with Gasteiger partial charge in [-0.2, -0.15) is 13.2 Å². The van der Waals surface area contributed by atoms with E-state index in [-0.39, 0.29) is 16.8 Å². The molecule has 0 aromatic carbocycles. The predicted molar refractivity (Wildman–Crippen MR) is 59.8 cm³/mol. The van der Waals surface area contributed by atoms with Crippen molar-refractivity contribution in [3.63, 3.8) is 0 Å². The molecule has 17 heavy (non-hydrogen) atoms. The molecule has 2 heterocycles. The number of hydrogen-bond acceptors (Lipinski definition) is 3. The minimum absolute atomic E-state index is 0.114. The van der Waals surface area contributed by atoms with E-state index in [1.807, 2.05) is 0 Å². The molecule has 3 nitrogen and oxygen atoms in total. The van der Waals surface area contributed by atoms with Gasteiger partial charge in [0.2, 0.25) is 0 Å². The predicted octanol–water partition coefficient (Wildman–Crippen LogP) is 2.43. The van der Waals surface area contributed by atoms with Crippen molar-refractivity contribution in [3.8, 4) is 0 Å². The lowest BCUT2D eigenvalue weighted by Gasteiger charge is -2.21. The monoisotopic (exact) mass is 310 g/mol. The van der Waals surface area contributed by atoms with Crippen molar-refractivity contribution in [2.75, 3.05) is 18.0 Å². The lowest BCUT2D eigenvalue weighted by atomic mass is 10.2. The van der Waals surface area contributed by atoms with E-state index in [2.05, 4.69) is 20.9 Å². The summed E-state index contributed by atoms with van der Waals surface area (Å²) in [7, 11) is 0. The zero-order chi connectivity index (χ0) is 12.6. The molecule has 0 amide bonds. The van der Waals surface area contributed by atoms with E-state index in [1.54, 1.807) is 0 Å². The van der Waals surface area contributed by atoms with Crippen LogP contribution in [0, 0.1) is 0 Å². The first-order valence-electron chi connectivity index (χ1n) is 5.03. The van der Waals surface area contributed by atoms with Gasteiger partial charge in [-0.05, 0) is 28.4 Å². The van der Waals surface area contributed by atoms with Gasteiger partial charge < -0.3 is 10.0 Å². The number of aliphatic hydroxyl groups is 1. The zero-order valence-corrected chi connectivity index (χ0v) is 10.3. The quantitative estimate of drug-likeness (QED) is 0.865. The molecule has 1 aliphatic rings. The molecule has 0 aliphatic carbocycles. The van der Waals surface area contributed by atoms with Crippen molar-refractivity contribution in [2.24, 2.45) is 0 Å². The molecule has 1 fully saturated rings. The fourth-order valence-corrected chi connectivity index (χ4v) is 2.16. The Morgan fingerprint density at radius 1 is 1.47 bits per heavy atom. The number of halogens is 4. The lowest BCUT2D eigenvalue weighted by molar-refractivity contribution is -0.137. The van der Waals surface area contributed by atoms with Crippen LogP contribution < -0.4 is 4.90 Å². The van der Waals surface area contributed by atoms with E-state index in [0.29, 0.717) is 13.0 Å². The highest BCUT2D eigenvalue weighted by atomic mass is 79.9. The molecular formula is C10H10BrF3N2O. The van der Waals surface area contributed by atoms with E-state index in [9.17, 15) is 18.3 Å². The highest BCUT2D eigenvalue weighted by molar-refractivity contribution is 9.10. The van der Waals surface area contributed by atoms with Crippen LogP contribution >= 0.6 is 15.9 Å². The third-order valence-corrected chi connectivity index (χ3v) is 3.04. The highest BCUT2D eigenvalue weighted by Gasteiger charge is 2.37. The maximum atomic E-state index is 12.8. The van der Waals surface area contributed by atoms with Gasteiger partial charge in [-0.1, -0.05) is 0 Å².